The lowest BCUT2D eigenvalue weighted by molar-refractivity contribution is 0.0379. The number of nitrogens with zero attached hydrogens (tertiary/aromatic N) is 2. The number of hydrogen-bond donors (Lipinski definition) is 1. The van der Waals surface area contributed by atoms with E-state index in [0.29, 0.717) is 17.7 Å². The van der Waals surface area contributed by atoms with Gasteiger partial charge in [-0.05, 0) is 38.3 Å². The standard InChI is InChI=1S/C27H26N3O3S/c1-27(2,3)33-26(32)30-23(18-34-25(30)21-12-8-14-28-16-21)17-29-22-13-7-11-20(15-22)24(31)19-9-5-4-6-10-19/h4-16,18,29H,17H2,1-3H3/q-1. The first kappa shape index (κ1) is 23.4. The molecule has 0 spiro atoms. The zero-order chi connectivity index (χ0) is 24.1. The summed E-state index contributed by atoms with van der Waals surface area (Å²) in [6, 6.07) is 16.5. The number of thioether (sulfide) groups is 1. The van der Waals surface area contributed by atoms with Crippen LogP contribution in [0.2, 0.25) is 0 Å². The van der Waals surface area contributed by atoms with Crippen LogP contribution in [0.1, 0.15) is 36.7 Å². The van der Waals surface area contributed by atoms with Crippen LogP contribution in [-0.2, 0) is 4.74 Å². The molecule has 6 nitrogen and oxygen atoms in total. The molecular weight excluding hydrogens is 446 g/mol. The van der Waals surface area contributed by atoms with Gasteiger partial charge < -0.3 is 15.0 Å². The summed E-state index contributed by atoms with van der Waals surface area (Å²) >= 11 is 1.45. The molecule has 0 fully saturated rings. The fourth-order valence-corrected chi connectivity index (χ4v) is 4.38. The Morgan fingerprint density at radius 1 is 1.09 bits per heavy atom. The first-order valence-electron chi connectivity index (χ1n) is 10.9. The topological polar surface area (TPSA) is 71.0 Å². The van der Waals surface area contributed by atoms with E-state index in [1.165, 1.54) is 11.8 Å². The van der Waals surface area contributed by atoms with Crippen molar-refractivity contribution in [2.75, 3.05) is 11.9 Å². The summed E-state index contributed by atoms with van der Waals surface area (Å²) in [5.74, 6) is -0.0394. The average molecular weight is 473 g/mol. The van der Waals surface area contributed by atoms with Crippen molar-refractivity contribution >= 4 is 35.5 Å². The molecule has 0 aromatic heterocycles. The summed E-state index contributed by atoms with van der Waals surface area (Å²) in [5.41, 5.74) is 2.97. The van der Waals surface area contributed by atoms with E-state index in [9.17, 15) is 9.59 Å². The Hall–Kier alpha value is -3.71. The van der Waals surface area contributed by atoms with E-state index in [-0.39, 0.29) is 5.78 Å². The van der Waals surface area contributed by atoms with Crippen LogP contribution < -0.4 is 5.32 Å². The maximum absolute atomic E-state index is 13.1. The van der Waals surface area contributed by atoms with Gasteiger partial charge in [-0.15, -0.1) is 29.8 Å². The van der Waals surface area contributed by atoms with Crippen LogP contribution in [0, 0.1) is 6.42 Å². The number of ketones is 1. The smallest absolute Gasteiger partial charge is 0.411 e. The minimum absolute atomic E-state index is 0.0394. The number of hydrogen-bond acceptors (Lipinski definition) is 6. The molecule has 7 heteroatoms. The highest BCUT2D eigenvalue weighted by Crippen LogP contribution is 2.38. The largest absolute Gasteiger partial charge is 0.444 e. The van der Waals surface area contributed by atoms with Gasteiger partial charge in [0.15, 0.2) is 5.78 Å². The Morgan fingerprint density at radius 3 is 2.56 bits per heavy atom. The molecule has 0 bridgehead atoms. The summed E-state index contributed by atoms with van der Waals surface area (Å²) in [5, 5.41) is 6.01. The second-order valence-electron chi connectivity index (χ2n) is 8.72. The van der Waals surface area contributed by atoms with Crippen LogP contribution in [0.4, 0.5) is 10.5 Å². The van der Waals surface area contributed by atoms with Gasteiger partial charge in [0.25, 0.3) is 0 Å². The summed E-state index contributed by atoms with van der Waals surface area (Å²) in [7, 11) is 0. The minimum Gasteiger partial charge on any atom is -0.444 e. The van der Waals surface area contributed by atoms with Crippen molar-refractivity contribution in [3.8, 4) is 0 Å². The van der Waals surface area contributed by atoms with Crippen molar-refractivity contribution in [3.63, 3.8) is 0 Å². The third-order valence-corrected chi connectivity index (χ3v) is 5.95. The molecule has 0 radical (unpaired) electrons. The number of rotatable bonds is 5. The lowest BCUT2D eigenvalue weighted by Gasteiger charge is -2.30. The van der Waals surface area contributed by atoms with Gasteiger partial charge in [0.1, 0.15) is 5.60 Å². The second kappa shape index (κ2) is 10.1. The number of aliphatic imine (C=N–C) groups is 1. The molecule has 34 heavy (non-hydrogen) atoms. The molecule has 2 aliphatic rings. The summed E-state index contributed by atoms with van der Waals surface area (Å²) in [6.07, 6.45) is 6.72. The number of amides is 1. The number of allylic oxidation sites excluding steroid dienone is 2. The van der Waals surface area contributed by atoms with Crippen LogP contribution in [0.15, 0.2) is 93.6 Å². The van der Waals surface area contributed by atoms with Crippen molar-refractivity contribution < 1.29 is 14.3 Å². The van der Waals surface area contributed by atoms with E-state index in [1.807, 2.05) is 75.1 Å². The monoisotopic (exact) mass is 472 g/mol. The van der Waals surface area contributed by atoms with E-state index >= 15 is 0 Å². The third kappa shape index (κ3) is 5.61. The lowest BCUT2D eigenvalue weighted by Crippen LogP contribution is -2.35. The third-order valence-electron chi connectivity index (χ3n) is 4.92. The van der Waals surface area contributed by atoms with E-state index in [2.05, 4.69) is 10.3 Å². The van der Waals surface area contributed by atoms with Crippen molar-refractivity contribution in [1.29, 1.82) is 0 Å². The van der Waals surface area contributed by atoms with Gasteiger partial charge in [0.05, 0.1) is 6.54 Å². The summed E-state index contributed by atoms with van der Waals surface area (Å²) < 4.78 is 5.67. The predicted molar refractivity (Wildman–Crippen MR) is 138 cm³/mol. The number of nitrogens with one attached hydrogen (secondary N) is 1. The Morgan fingerprint density at radius 2 is 1.85 bits per heavy atom. The Kier molecular flexibility index (Phi) is 6.93. The molecule has 2 heterocycles. The van der Waals surface area contributed by atoms with Gasteiger partial charge in [-0.1, -0.05) is 54.9 Å². The molecule has 1 N–H and O–H groups in total. The number of carbonyl (C=O) groups is 2. The molecule has 0 aliphatic carbocycles. The van der Waals surface area contributed by atoms with Gasteiger partial charge in [0.2, 0.25) is 0 Å². The van der Waals surface area contributed by atoms with Crippen molar-refractivity contribution in [2.45, 2.75) is 26.4 Å². The van der Waals surface area contributed by atoms with Gasteiger partial charge in [-0.3, -0.25) is 9.69 Å². The van der Waals surface area contributed by atoms with Gasteiger partial charge in [-0.25, -0.2) is 4.79 Å². The molecule has 4 rings (SSSR count). The molecule has 174 valence electrons. The fraction of sp³-hybridized carbons (Fsp3) is 0.185. The minimum atomic E-state index is -0.630. The van der Waals surface area contributed by atoms with Crippen LogP contribution in [0.5, 0.6) is 0 Å². The number of ether oxygens (including phenoxy) is 1. The highest BCUT2D eigenvalue weighted by molar-refractivity contribution is 8.06. The van der Waals surface area contributed by atoms with Crippen LogP contribution >= 0.6 is 11.8 Å². The van der Waals surface area contributed by atoms with Crippen molar-refractivity contribution in [1.82, 2.24) is 4.90 Å². The first-order chi connectivity index (χ1) is 16.3. The lowest BCUT2D eigenvalue weighted by atomic mass is 10.0. The van der Waals surface area contributed by atoms with E-state index < -0.39 is 11.7 Å². The van der Waals surface area contributed by atoms with Gasteiger partial charge in [0, 0.05) is 27.5 Å². The maximum atomic E-state index is 13.1. The van der Waals surface area contributed by atoms with E-state index in [4.69, 9.17) is 4.74 Å². The molecule has 0 atom stereocenters. The average Bonchev–Trinajstić information content (AvgIpc) is 3.27. The number of carbonyl (C=O) groups excluding carboxylic acids is 2. The zero-order valence-electron chi connectivity index (χ0n) is 19.3. The Balaban J connectivity index is 1.52. The fourth-order valence-electron chi connectivity index (χ4n) is 3.39. The van der Waals surface area contributed by atoms with Crippen molar-refractivity contribution in [3.05, 3.63) is 106 Å². The summed E-state index contributed by atoms with van der Waals surface area (Å²) in [6.45, 7) is 5.90. The molecule has 2 aromatic carbocycles. The second-order valence-corrected chi connectivity index (χ2v) is 9.58. The Bertz CT molecular complexity index is 1210. The summed E-state index contributed by atoms with van der Waals surface area (Å²) in [4.78, 5) is 31.7. The Labute approximate surface area is 204 Å². The molecule has 2 aromatic rings. The first-order valence-corrected chi connectivity index (χ1v) is 11.8. The van der Waals surface area contributed by atoms with Gasteiger partial charge in [-0.2, -0.15) is 0 Å². The highest BCUT2D eigenvalue weighted by Gasteiger charge is 2.30. The maximum Gasteiger partial charge on any atom is 0.411 e. The van der Waals surface area contributed by atoms with E-state index in [1.54, 1.807) is 35.5 Å². The van der Waals surface area contributed by atoms with Crippen LogP contribution in [0.25, 0.3) is 0 Å². The normalized spacial score (nSPS) is 17.3. The molecular formula is C27H26N3O3S-. The molecule has 2 aliphatic heterocycles. The van der Waals surface area contributed by atoms with Crippen LogP contribution in [-0.4, -0.2) is 35.1 Å². The quantitative estimate of drug-likeness (QED) is 0.416. The van der Waals surface area contributed by atoms with Crippen molar-refractivity contribution in [2.24, 2.45) is 4.99 Å². The predicted octanol–water partition coefficient (Wildman–Crippen LogP) is 6.17. The van der Waals surface area contributed by atoms with E-state index in [0.717, 1.165) is 22.0 Å². The molecule has 0 saturated heterocycles. The molecule has 0 saturated carbocycles. The number of anilines is 1. The number of benzene rings is 2. The zero-order valence-corrected chi connectivity index (χ0v) is 20.1. The highest BCUT2D eigenvalue weighted by atomic mass is 32.2. The SMILES string of the molecule is CC(C)(C)OC(=O)N1C(CNc2cccc(C(=O)c3ccccc3)c2)=CSC1=C1C=NC=C[CH-]1. The molecule has 1 amide bonds. The van der Waals surface area contributed by atoms with Crippen LogP contribution in [0.3, 0.4) is 0 Å². The van der Waals surface area contributed by atoms with Gasteiger partial charge >= 0.3 is 6.09 Å². The molecule has 0 unspecified atom stereocenters.